The van der Waals surface area contributed by atoms with Crippen molar-refractivity contribution >= 4 is 11.5 Å². The van der Waals surface area contributed by atoms with E-state index < -0.39 is 0 Å². The van der Waals surface area contributed by atoms with Crippen LogP contribution in [0.2, 0.25) is 0 Å². The van der Waals surface area contributed by atoms with Crippen LogP contribution in [-0.2, 0) is 14.3 Å². The van der Waals surface area contributed by atoms with Gasteiger partial charge in [0, 0.05) is 18.7 Å². The first-order valence-electron chi connectivity index (χ1n) is 6.99. The van der Waals surface area contributed by atoms with Crippen LogP contribution in [0, 0.1) is 0 Å². The van der Waals surface area contributed by atoms with Crippen LogP contribution in [0.1, 0.15) is 18.4 Å². The maximum absolute atomic E-state index is 11.9. The first-order valence-corrected chi connectivity index (χ1v) is 6.99. The van der Waals surface area contributed by atoms with Crippen molar-refractivity contribution in [2.45, 2.75) is 18.9 Å². The maximum atomic E-state index is 11.9. The fourth-order valence-electron chi connectivity index (χ4n) is 1.79. The third-order valence-corrected chi connectivity index (χ3v) is 3.10. The van der Waals surface area contributed by atoms with Gasteiger partial charge in [0.25, 0.3) is 5.91 Å². The molecule has 1 aliphatic heterocycles. The summed E-state index contributed by atoms with van der Waals surface area (Å²) in [6.07, 6.45) is 2.16. The van der Waals surface area contributed by atoms with Gasteiger partial charge in [-0.25, -0.2) is 0 Å². The molecule has 0 saturated carbocycles. The van der Waals surface area contributed by atoms with Crippen molar-refractivity contribution in [3.63, 3.8) is 0 Å². The molecule has 1 atom stereocenters. The minimum atomic E-state index is -0.108. The van der Waals surface area contributed by atoms with Crippen molar-refractivity contribution in [3.8, 4) is 0 Å². The number of carbonyl (C=O) groups is 1. The number of ether oxygens (including phenoxy) is 2. The minimum Gasteiger partial charge on any atom is -0.379 e. The monoisotopic (exact) mass is 275 g/mol. The van der Waals surface area contributed by atoms with Crippen LogP contribution in [0.15, 0.2) is 36.9 Å². The van der Waals surface area contributed by atoms with E-state index in [0.29, 0.717) is 24.8 Å². The van der Waals surface area contributed by atoms with Crippen molar-refractivity contribution in [1.29, 1.82) is 0 Å². The summed E-state index contributed by atoms with van der Waals surface area (Å²) < 4.78 is 10.5. The zero-order chi connectivity index (χ0) is 14.2. The predicted octanol–water partition coefficient (Wildman–Crippen LogP) is 2.01. The van der Waals surface area contributed by atoms with E-state index in [0.717, 1.165) is 31.6 Å². The number of unbranched alkanes of at least 4 members (excludes halogenated alkanes) is 1. The van der Waals surface area contributed by atoms with E-state index in [9.17, 15) is 4.79 Å². The van der Waals surface area contributed by atoms with E-state index >= 15 is 0 Å². The fourth-order valence-corrected chi connectivity index (χ4v) is 1.79. The van der Waals surface area contributed by atoms with Gasteiger partial charge in [0.15, 0.2) is 0 Å². The van der Waals surface area contributed by atoms with E-state index in [1.54, 1.807) is 0 Å². The van der Waals surface area contributed by atoms with Gasteiger partial charge in [-0.3, -0.25) is 4.79 Å². The van der Waals surface area contributed by atoms with E-state index in [4.69, 9.17) is 9.47 Å². The molecule has 108 valence electrons. The Bertz CT molecular complexity index is 440. The quantitative estimate of drug-likeness (QED) is 0.426. The smallest absolute Gasteiger partial charge is 0.251 e. The normalized spacial score (nSPS) is 16.7. The van der Waals surface area contributed by atoms with Crippen LogP contribution in [0.4, 0.5) is 0 Å². The highest BCUT2D eigenvalue weighted by Crippen LogP contribution is 2.11. The van der Waals surface area contributed by atoms with E-state index in [1.165, 1.54) is 0 Å². The first-order chi connectivity index (χ1) is 9.77. The molecule has 1 aromatic carbocycles. The van der Waals surface area contributed by atoms with Gasteiger partial charge in [-0.15, -0.1) is 0 Å². The molecule has 1 fully saturated rings. The standard InChI is InChI=1S/C16H21NO3/c1-13(14-7-3-2-4-8-14)16(18)17-9-5-6-10-19-11-15-12-20-15/h2-4,7-8,15H,1,5-6,9-12H2,(H,17,18). The highest BCUT2D eigenvalue weighted by molar-refractivity contribution is 6.18. The lowest BCUT2D eigenvalue weighted by molar-refractivity contribution is -0.115. The average molecular weight is 275 g/mol. The Morgan fingerprint density at radius 2 is 2.10 bits per heavy atom. The zero-order valence-electron chi connectivity index (χ0n) is 11.6. The molecule has 0 bridgehead atoms. The van der Waals surface area contributed by atoms with Gasteiger partial charge in [-0.2, -0.15) is 0 Å². The van der Waals surface area contributed by atoms with Gasteiger partial charge in [-0.05, 0) is 18.4 Å². The number of hydrogen-bond acceptors (Lipinski definition) is 3. The molecule has 0 spiro atoms. The average Bonchev–Trinajstić information content (AvgIpc) is 3.30. The van der Waals surface area contributed by atoms with Crippen molar-refractivity contribution in [2.24, 2.45) is 0 Å². The van der Waals surface area contributed by atoms with E-state index in [1.807, 2.05) is 30.3 Å². The molecule has 0 aromatic heterocycles. The maximum Gasteiger partial charge on any atom is 0.251 e. The van der Waals surface area contributed by atoms with Crippen molar-refractivity contribution in [1.82, 2.24) is 5.32 Å². The van der Waals surface area contributed by atoms with Gasteiger partial charge in [0.05, 0.1) is 13.2 Å². The second-order valence-corrected chi connectivity index (χ2v) is 4.84. The molecular formula is C16H21NO3. The summed E-state index contributed by atoms with van der Waals surface area (Å²) in [5.74, 6) is -0.108. The number of carbonyl (C=O) groups excluding carboxylic acids is 1. The second-order valence-electron chi connectivity index (χ2n) is 4.84. The zero-order valence-corrected chi connectivity index (χ0v) is 11.6. The Balaban J connectivity index is 1.54. The lowest BCUT2D eigenvalue weighted by Gasteiger charge is -2.08. The summed E-state index contributed by atoms with van der Waals surface area (Å²) in [5.41, 5.74) is 1.37. The van der Waals surface area contributed by atoms with Crippen LogP contribution in [0.25, 0.3) is 5.57 Å². The van der Waals surface area contributed by atoms with Gasteiger partial charge < -0.3 is 14.8 Å². The first kappa shape index (κ1) is 14.8. The van der Waals surface area contributed by atoms with Crippen LogP contribution in [-0.4, -0.2) is 38.4 Å². The molecule has 1 aliphatic rings. The molecule has 1 aromatic rings. The van der Waals surface area contributed by atoms with Crippen LogP contribution in [0.3, 0.4) is 0 Å². The molecule has 2 rings (SSSR count). The molecule has 4 nitrogen and oxygen atoms in total. The van der Waals surface area contributed by atoms with E-state index in [-0.39, 0.29) is 5.91 Å². The van der Waals surface area contributed by atoms with Crippen LogP contribution in [0.5, 0.6) is 0 Å². The molecule has 0 radical (unpaired) electrons. The molecule has 1 heterocycles. The molecule has 1 saturated heterocycles. The summed E-state index contributed by atoms with van der Waals surface area (Å²) in [7, 11) is 0. The van der Waals surface area contributed by atoms with Crippen molar-refractivity contribution < 1.29 is 14.3 Å². The highest BCUT2D eigenvalue weighted by atomic mass is 16.6. The number of benzene rings is 1. The molecule has 4 heteroatoms. The summed E-state index contributed by atoms with van der Waals surface area (Å²) in [6, 6.07) is 9.48. The Morgan fingerprint density at radius 1 is 1.35 bits per heavy atom. The summed E-state index contributed by atoms with van der Waals surface area (Å²) in [6.45, 7) is 6.72. The Hall–Kier alpha value is -1.65. The minimum absolute atomic E-state index is 0.108. The Morgan fingerprint density at radius 3 is 2.80 bits per heavy atom. The molecular weight excluding hydrogens is 254 g/mol. The fraction of sp³-hybridized carbons (Fsp3) is 0.438. The van der Waals surface area contributed by atoms with Gasteiger partial charge >= 0.3 is 0 Å². The second kappa shape index (κ2) is 7.82. The molecule has 0 aliphatic carbocycles. The van der Waals surface area contributed by atoms with Crippen LogP contribution < -0.4 is 5.32 Å². The number of hydrogen-bond donors (Lipinski definition) is 1. The third-order valence-electron chi connectivity index (χ3n) is 3.10. The molecule has 1 unspecified atom stereocenters. The highest BCUT2D eigenvalue weighted by Gasteiger charge is 2.21. The van der Waals surface area contributed by atoms with Crippen LogP contribution >= 0.6 is 0 Å². The topological polar surface area (TPSA) is 50.9 Å². The van der Waals surface area contributed by atoms with Gasteiger partial charge in [-0.1, -0.05) is 36.9 Å². The largest absolute Gasteiger partial charge is 0.379 e. The number of epoxide rings is 1. The third kappa shape index (κ3) is 5.15. The number of amides is 1. The summed E-state index contributed by atoms with van der Waals surface area (Å²) >= 11 is 0. The van der Waals surface area contributed by atoms with Crippen molar-refractivity contribution in [3.05, 3.63) is 42.5 Å². The summed E-state index contributed by atoms with van der Waals surface area (Å²) in [5, 5.41) is 2.87. The Kier molecular flexibility index (Phi) is 5.77. The summed E-state index contributed by atoms with van der Waals surface area (Å²) in [4.78, 5) is 11.9. The SMILES string of the molecule is C=C(C(=O)NCCCCOCC1CO1)c1ccccc1. The number of nitrogens with one attached hydrogen (secondary N) is 1. The van der Waals surface area contributed by atoms with Gasteiger partial charge in [0.2, 0.25) is 0 Å². The van der Waals surface area contributed by atoms with Crippen molar-refractivity contribution in [2.75, 3.05) is 26.4 Å². The molecule has 1 N–H and O–H groups in total. The lowest BCUT2D eigenvalue weighted by Crippen LogP contribution is -2.25. The molecule has 20 heavy (non-hydrogen) atoms. The lowest BCUT2D eigenvalue weighted by atomic mass is 10.1. The predicted molar refractivity (Wildman–Crippen MR) is 78.3 cm³/mol. The van der Waals surface area contributed by atoms with Gasteiger partial charge in [0.1, 0.15) is 6.10 Å². The number of rotatable bonds is 9. The Labute approximate surface area is 119 Å². The molecule has 1 amide bonds. The van der Waals surface area contributed by atoms with E-state index in [2.05, 4.69) is 11.9 Å².